The highest BCUT2D eigenvalue weighted by atomic mass is 16.5. The van der Waals surface area contributed by atoms with Gasteiger partial charge in [-0.3, -0.25) is 0 Å². The molecule has 1 saturated heterocycles. The van der Waals surface area contributed by atoms with E-state index in [9.17, 15) is 4.79 Å². The Morgan fingerprint density at radius 1 is 1.29 bits per heavy atom. The van der Waals surface area contributed by atoms with Gasteiger partial charge in [0, 0.05) is 0 Å². The van der Waals surface area contributed by atoms with Gasteiger partial charge < -0.3 is 4.74 Å². The Bertz CT molecular complexity index is 428. The number of carbonyl (C=O) groups excluding carboxylic acids is 1. The molecule has 3 rings (SSSR count). The maximum absolute atomic E-state index is 11.6. The first-order valence-corrected chi connectivity index (χ1v) is 6.56. The highest BCUT2D eigenvalue weighted by Gasteiger charge is 2.43. The summed E-state index contributed by atoms with van der Waals surface area (Å²) in [7, 11) is 0. The fraction of sp³-hybridized carbons (Fsp3) is 0.667. The average molecular weight is 232 g/mol. The molecule has 92 valence electrons. The molecule has 0 N–H and O–H groups in total. The molecule has 0 amide bonds. The first-order valence-electron chi connectivity index (χ1n) is 6.56. The maximum atomic E-state index is 11.6. The number of hydrogen-bond donors (Lipinski definition) is 0. The molecule has 2 fully saturated rings. The normalized spacial score (nSPS) is 38.8. The molecule has 0 aromatic rings. The highest BCUT2D eigenvalue weighted by molar-refractivity contribution is 5.96. The predicted octanol–water partition coefficient (Wildman–Crippen LogP) is 3.10. The van der Waals surface area contributed by atoms with E-state index < -0.39 is 0 Å². The summed E-state index contributed by atoms with van der Waals surface area (Å²) in [5, 5.41) is 0. The van der Waals surface area contributed by atoms with Crippen molar-refractivity contribution in [2.45, 2.75) is 33.6 Å². The van der Waals surface area contributed by atoms with Crippen LogP contribution in [0.2, 0.25) is 0 Å². The van der Waals surface area contributed by atoms with Crippen molar-refractivity contribution in [2.24, 2.45) is 23.2 Å². The van der Waals surface area contributed by atoms with Gasteiger partial charge in [0.15, 0.2) is 0 Å². The summed E-state index contributed by atoms with van der Waals surface area (Å²) in [5.41, 5.74) is 2.41. The van der Waals surface area contributed by atoms with Crippen LogP contribution in [0.5, 0.6) is 0 Å². The van der Waals surface area contributed by atoms with Crippen LogP contribution in [0, 0.1) is 23.2 Å². The minimum absolute atomic E-state index is 0.123. The number of rotatable bonds is 0. The molecule has 2 nitrogen and oxygen atoms in total. The van der Waals surface area contributed by atoms with Crippen molar-refractivity contribution in [1.82, 2.24) is 0 Å². The van der Waals surface area contributed by atoms with E-state index in [0.29, 0.717) is 29.8 Å². The zero-order chi connectivity index (χ0) is 12.2. The Morgan fingerprint density at radius 3 is 2.82 bits per heavy atom. The monoisotopic (exact) mass is 232 g/mol. The fourth-order valence-electron chi connectivity index (χ4n) is 3.81. The van der Waals surface area contributed by atoms with Gasteiger partial charge >= 0.3 is 5.97 Å². The van der Waals surface area contributed by atoms with E-state index in [1.54, 1.807) is 0 Å². The molecule has 0 spiro atoms. The van der Waals surface area contributed by atoms with E-state index in [4.69, 9.17) is 4.74 Å². The Labute approximate surface area is 103 Å². The summed E-state index contributed by atoms with van der Waals surface area (Å²) in [6, 6.07) is 0. The van der Waals surface area contributed by atoms with Gasteiger partial charge in [-0.2, -0.15) is 0 Å². The van der Waals surface area contributed by atoms with Crippen molar-refractivity contribution in [3.63, 3.8) is 0 Å². The lowest BCUT2D eigenvalue weighted by Crippen LogP contribution is -2.13. The summed E-state index contributed by atoms with van der Waals surface area (Å²) < 4.78 is 5.13. The van der Waals surface area contributed by atoms with Gasteiger partial charge in [0.2, 0.25) is 0 Å². The fourth-order valence-corrected chi connectivity index (χ4v) is 3.81. The molecule has 1 aliphatic heterocycles. The number of allylic oxidation sites excluding steroid dienone is 2. The number of ether oxygens (including phenoxy) is 1. The highest BCUT2D eigenvalue weighted by Crippen LogP contribution is 2.51. The van der Waals surface area contributed by atoms with Crippen molar-refractivity contribution in [1.29, 1.82) is 0 Å². The van der Waals surface area contributed by atoms with Crippen molar-refractivity contribution < 1.29 is 9.53 Å². The molecular formula is C15H20O2. The van der Waals surface area contributed by atoms with Gasteiger partial charge in [0.25, 0.3) is 0 Å². The first-order chi connectivity index (χ1) is 7.96. The molecule has 2 heteroatoms. The summed E-state index contributed by atoms with van der Waals surface area (Å²) in [4.78, 5) is 11.6. The third-order valence-corrected chi connectivity index (χ3v) is 4.57. The van der Waals surface area contributed by atoms with Gasteiger partial charge in [-0.05, 0) is 41.6 Å². The Balaban J connectivity index is 1.99. The molecule has 0 aromatic carbocycles. The topological polar surface area (TPSA) is 26.3 Å². The summed E-state index contributed by atoms with van der Waals surface area (Å²) in [5.74, 6) is 1.68. The lowest BCUT2D eigenvalue weighted by Gasteiger charge is -2.20. The van der Waals surface area contributed by atoms with Crippen LogP contribution in [-0.4, -0.2) is 12.6 Å². The molecular weight excluding hydrogens is 212 g/mol. The second kappa shape index (κ2) is 3.47. The van der Waals surface area contributed by atoms with Crippen LogP contribution in [0.1, 0.15) is 33.6 Å². The molecule has 0 bridgehead atoms. The quantitative estimate of drug-likeness (QED) is 0.600. The maximum Gasteiger partial charge on any atom is 0.338 e. The van der Waals surface area contributed by atoms with Gasteiger partial charge in [0.05, 0.1) is 5.57 Å². The third kappa shape index (κ3) is 1.74. The van der Waals surface area contributed by atoms with E-state index in [0.717, 1.165) is 11.1 Å². The first kappa shape index (κ1) is 11.1. The molecule has 0 aromatic heterocycles. The number of fused-ring (bicyclic) bond motifs is 2. The van der Waals surface area contributed by atoms with E-state index in [1.165, 1.54) is 12.8 Å². The summed E-state index contributed by atoms with van der Waals surface area (Å²) >= 11 is 0. The molecule has 17 heavy (non-hydrogen) atoms. The minimum Gasteiger partial charge on any atom is -0.457 e. The average Bonchev–Trinajstić information content (AvgIpc) is 2.68. The van der Waals surface area contributed by atoms with Crippen molar-refractivity contribution in [3.05, 3.63) is 23.3 Å². The second-order valence-corrected chi connectivity index (χ2v) is 6.61. The zero-order valence-corrected chi connectivity index (χ0v) is 10.8. The molecule has 1 saturated carbocycles. The lowest BCUT2D eigenvalue weighted by molar-refractivity contribution is -0.135. The molecule has 0 unspecified atom stereocenters. The van der Waals surface area contributed by atoms with Crippen LogP contribution in [0.25, 0.3) is 0 Å². The van der Waals surface area contributed by atoms with Crippen LogP contribution in [0.4, 0.5) is 0 Å². The minimum atomic E-state index is -0.123. The van der Waals surface area contributed by atoms with Gasteiger partial charge in [-0.15, -0.1) is 0 Å². The zero-order valence-electron chi connectivity index (χ0n) is 10.8. The van der Waals surface area contributed by atoms with Crippen molar-refractivity contribution in [2.75, 3.05) is 6.61 Å². The molecule has 0 radical (unpaired) electrons. The van der Waals surface area contributed by atoms with Crippen LogP contribution in [0.15, 0.2) is 23.3 Å². The van der Waals surface area contributed by atoms with Crippen LogP contribution < -0.4 is 0 Å². The van der Waals surface area contributed by atoms with Crippen LogP contribution in [-0.2, 0) is 9.53 Å². The van der Waals surface area contributed by atoms with Crippen LogP contribution in [0.3, 0.4) is 0 Å². The number of esters is 1. The Hall–Kier alpha value is -1.05. The molecule has 3 atom stereocenters. The lowest BCUT2D eigenvalue weighted by atomic mass is 9.84. The molecule has 3 aliphatic rings. The van der Waals surface area contributed by atoms with Crippen molar-refractivity contribution >= 4 is 5.97 Å². The van der Waals surface area contributed by atoms with E-state index in [2.05, 4.69) is 32.9 Å². The second-order valence-electron chi connectivity index (χ2n) is 6.61. The van der Waals surface area contributed by atoms with E-state index in [1.807, 2.05) is 0 Å². The van der Waals surface area contributed by atoms with Crippen molar-refractivity contribution in [3.8, 4) is 0 Å². The Morgan fingerprint density at radius 2 is 2.06 bits per heavy atom. The van der Waals surface area contributed by atoms with Gasteiger partial charge in [-0.1, -0.05) is 32.9 Å². The smallest absolute Gasteiger partial charge is 0.338 e. The van der Waals surface area contributed by atoms with Gasteiger partial charge in [0.1, 0.15) is 6.61 Å². The Kier molecular flexibility index (Phi) is 2.26. The van der Waals surface area contributed by atoms with Gasteiger partial charge in [-0.25, -0.2) is 4.79 Å². The predicted molar refractivity (Wildman–Crippen MR) is 66.3 cm³/mol. The molecule has 2 aliphatic carbocycles. The van der Waals surface area contributed by atoms with E-state index in [-0.39, 0.29) is 5.97 Å². The standard InChI is InChI=1S/C15H20O2/c1-9-4-12-11(8-17-14(12)16)5-10-6-15(2,3)7-13(9)10/h4-5,9-10,13H,6-8H2,1-3H3/t9-,10+,13+/m1/s1. The largest absolute Gasteiger partial charge is 0.457 e. The van der Waals surface area contributed by atoms with Crippen LogP contribution >= 0.6 is 0 Å². The van der Waals surface area contributed by atoms with E-state index >= 15 is 0 Å². The summed E-state index contributed by atoms with van der Waals surface area (Å²) in [6.45, 7) is 7.44. The SMILES string of the molecule is C[C@@H]1C=C2C(=O)OCC2=C[C@H]2CC(C)(C)C[C@@H]12. The third-order valence-electron chi connectivity index (χ3n) is 4.57. The number of hydrogen-bond acceptors (Lipinski definition) is 2. The number of carbonyl (C=O) groups is 1. The summed E-state index contributed by atoms with van der Waals surface area (Å²) in [6.07, 6.45) is 6.97. The number of cyclic esters (lactones) is 1. The molecule has 1 heterocycles.